The predicted molar refractivity (Wildman–Crippen MR) is 157 cm³/mol. The van der Waals surface area contributed by atoms with E-state index in [1.165, 1.54) is 0 Å². The number of benzene rings is 4. The molecular formula is C34H30N2O6. The Morgan fingerprint density at radius 3 is 1.93 bits per heavy atom. The molecule has 2 unspecified atom stereocenters. The van der Waals surface area contributed by atoms with Gasteiger partial charge in [0.2, 0.25) is 5.54 Å². The van der Waals surface area contributed by atoms with Gasteiger partial charge in [0, 0.05) is 5.56 Å². The molecule has 4 aromatic carbocycles. The highest BCUT2D eigenvalue weighted by Gasteiger charge is 2.63. The monoisotopic (exact) mass is 562 g/mol. The third-order valence-electron chi connectivity index (χ3n) is 7.62. The molecule has 42 heavy (non-hydrogen) atoms. The Balaban J connectivity index is 1.56. The number of nitriles is 1. The number of fused-ring (bicyclic) bond motifs is 2. The molecule has 0 amide bonds. The van der Waals surface area contributed by atoms with Crippen LogP contribution in [0, 0.1) is 17.2 Å². The minimum atomic E-state index is -2.12. The molecule has 1 heterocycles. The van der Waals surface area contributed by atoms with Gasteiger partial charge in [-0.1, -0.05) is 67.2 Å². The lowest BCUT2D eigenvalue weighted by Crippen LogP contribution is -2.57. The Morgan fingerprint density at radius 2 is 1.40 bits per heavy atom. The van der Waals surface area contributed by atoms with Crippen molar-refractivity contribution in [1.82, 2.24) is 5.32 Å². The first-order valence-corrected chi connectivity index (χ1v) is 13.7. The fraction of sp³-hybridized carbons (Fsp3) is 0.235. The van der Waals surface area contributed by atoms with Crippen molar-refractivity contribution in [2.75, 3.05) is 13.2 Å². The van der Waals surface area contributed by atoms with Gasteiger partial charge in [0.15, 0.2) is 0 Å². The zero-order valence-corrected chi connectivity index (χ0v) is 23.4. The van der Waals surface area contributed by atoms with Gasteiger partial charge in [-0.05, 0) is 64.7 Å². The van der Waals surface area contributed by atoms with E-state index < -0.39 is 35.4 Å². The highest BCUT2D eigenvalue weighted by atomic mass is 16.6. The van der Waals surface area contributed by atoms with E-state index in [2.05, 4.69) is 24.0 Å². The molecule has 1 N–H and O–H groups in total. The molecule has 8 nitrogen and oxygen atoms in total. The fourth-order valence-corrected chi connectivity index (χ4v) is 5.60. The van der Waals surface area contributed by atoms with Crippen molar-refractivity contribution in [2.45, 2.75) is 32.0 Å². The van der Waals surface area contributed by atoms with Crippen molar-refractivity contribution >= 4 is 39.5 Å². The van der Waals surface area contributed by atoms with E-state index in [0.29, 0.717) is 11.1 Å². The molecule has 0 spiro atoms. The maximum Gasteiger partial charge on any atom is 0.342 e. The van der Waals surface area contributed by atoms with Crippen LogP contribution in [-0.4, -0.2) is 36.7 Å². The van der Waals surface area contributed by atoms with Crippen molar-refractivity contribution in [1.29, 1.82) is 5.26 Å². The molecule has 1 aliphatic heterocycles. The van der Waals surface area contributed by atoms with Crippen LogP contribution >= 0.6 is 0 Å². The second-order valence-electron chi connectivity index (χ2n) is 9.95. The van der Waals surface area contributed by atoms with E-state index in [4.69, 9.17) is 14.2 Å². The molecule has 1 saturated heterocycles. The van der Waals surface area contributed by atoms with Crippen molar-refractivity contribution < 1.29 is 28.6 Å². The van der Waals surface area contributed by atoms with Crippen molar-refractivity contribution in [3.63, 3.8) is 0 Å². The quantitative estimate of drug-likeness (QED) is 0.101. The Morgan fingerprint density at radius 1 is 0.857 bits per heavy atom. The van der Waals surface area contributed by atoms with Crippen molar-refractivity contribution in [3.8, 4) is 6.07 Å². The molecule has 0 radical (unpaired) electrons. The zero-order valence-electron chi connectivity index (χ0n) is 23.4. The molecular weight excluding hydrogens is 532 g/mol. The second-order valence-corrected chi connectivity index (χ2v) is 9.95. The summed E-state index contributed by atoms with van der Waals surface area (Å²) >= 11 is 0. The van der Waals surface area contributed by atoms with Crippen molar-refractivity contribution in [3.05, 3.63) is 108 Å². The largest absolute Gasteiger partial charge is 0.464 e. The molecule has 8 heteroatoms. The summed E-state index contributed by atoms with van der Waals surface area (Å²) in [6.45, 7) is 7.25. The number of esters is 3. The van der Waals surface area contributed by atoms with Crippen LogP contribution in [0.4, 0.5) is 0 Å². The summed E-state index contributed by atoms with van der Waals surface area (Å²) < 4.78 is 16.5. The Bertz CT molecular complexity index is 1670. The summed E-state index contributed by atoms with van der Waals surface area (Å²) in [7, 11) is 0. The molecule has 212 valence electrons. The summed E-state index contributed by atoms with van der Waals surface area (Å²) in [5.41, 5.74) is -0.338. The highest BCUT2D eigenvalue weighted by molar-refractivity contribution is 6.11. The zero-order chi connectivity index (χ0) is 29.9. The van der Waals surface area contributed by atoms with Gasteiger partial charge in [-0.2, -0.15) is 5.26 Å². The number of carbonyl (C=O) groups excluding carboxylic acids is 3. The van der Waals surface area contributed by atoms with E-state index in [0.717, 1.165) is 27.1 Å². The maximum absolute atomic E-state index is 14.0. The van der Waals surface area contributed by atoms with Gasteiger partial charge < -0.3 is 14.2 Å². The smallest absolute Gasteiger partial charge is 0.342 e. The summed E-state index contributed by atoms with van der Waals surface area (Å²) in [5, 5.41) is 16.2. The maximum atomic E-state index is 14.0. The summed E-state index contributed by atoms with van der Waals surface area (Å²) in [5.74, 6) is -3.65. The molecule has 0 saturated carbocycles. The first-order valence-electron chi connectivity index (χ1n) is 13.7. The number of rotatable bonds is 8. The third-order valence-corrected chi connectivity index (χ3v) is 7.62. The first kappa shape index (κ1) is 28.5. The van der Waals surface area contributed by atoms with E-state index in [1.807, 2.05) is 48.5 Å². The number of nitrogens with zero attached hydrogens (tertiary/aromatic N) is 1. The van der Waals surface area contributed by atoms with Gasteiger partial charge >= 0.3 is 17.9 Å². The van der Waals surface area contributed by atoms with Gasteiger partial charge in [0.1, 0.15) is 12.5 Å². The van der Waals surface area contributed by atoms with E-state index >= 15 is 0 Å². The van der Waals surface area contributed by atoms with Crippen LogP contribution in [0.25, 0.3) is 21.5 Å². The minimum absolute atomic E-state index is 0.000248. The molecule has 1 fully saturated rings. The first-order chi connectivity index (χ1) is 20.3. The summed E-state index contributed by atoms with van der Waals surface area (Å²) in [4.78, 5) is 40.7. The van der Waals surface area contributed by atoms with Gasteiger partial charge in [-0.25, -0.2) is 9.59 Å². The number of hydrogen-bond acceptors (Lipinski definition) is 8. The molecule has 4 aromatic rings. The fourth-order valence-electron chi connectivity index (χ4n) is 5.60. The van der Waals surface area contributed by atoms with Crippen LogP contribution in [0.1, 0.15) is 36.6 Å². The topological polar surface area (TPSA) is 115 Å². The van der Waals surface area contributed by atoms with Crippen LogP contribution in [0.5, 0.6) is 0 Å². The van der Waals surface area contributed by atoms with Gasteiger partial charge in [-0.3, -0.25) is 10.1 Å². The molecule has 0 bridgehead atoms. The van der Waals surface area contributed by atoms with E-state index in [-0.39, 0.29) is 25.4 Å². The molecule has 1 aliphatic rings. The van der Waals surface area contributed by atoms with Crippen molar-refractivity contribution in [2.24, 2.45) is 5.92 Å². The standard InChI is InChI=1S/C34H30N2O6/c1-4-40-32(38)34(33(39)41-5-2)21(3)29(30(36-34)23-16-14-22(19-35)15-17-23)31(37)42-20-28-26-12-8-6-10-24(26)18-25-11-7-9-13-27(25)28/h6-18,29-30,36H,3-5,20H2,1-2H3. The molecule has 5 rings (SSSR count). The SMILES string of the molecule is C=C1C(C(=O)OCc2c3ccccc3cc3ccccc23)C(c2ccc(C#N)cc2)NC1(C(=O)OCC)C(=O)OCC. The van der Waals surface area contributed by atoms with Crippen LogP contribution in [0.3, 0.4) is 0 Å². The lowest BCUT2D eigenvalue weighted by molar-refractivity contribution is -0.163. The van der Waals surface area contributed by atoms with Gasteiger partial charge in [0.05, 0.1) is 30.9 Å². The average molecular weight is 563 g/mol. The summed E-state index contributed by atoms with van der Waals surface area (Å²) in [6.07, 6.45) is 0. The van der Waals surface area contributed by atoms with Crippen LogP contribution in [0.15, 0.2) is 91.0 Å². The molecule has 0 aromatic heterocycles. The number of hydrogen-bond donors (Lipinski definition) is 1. The minimum Gasteiger partial charge on any atom is -0.464 e. The van der Waals surface area contributed by atoms with E-state index in [1.54, 1.807) is 38.1 Å². The molecule has 2 atom stereocenters. The predicted octanol–water partition coefficient (Wildman–Crippen LogP) is 5.29. The summed E-state index contributed by atoms with van der Waals surface area (Å²) in [6, 6.07) is 25.5. The van der Waals surface area contributed by atoms with E-state index in [9.17, 15) is 19.6 Å². The Hall–Kier alpha value is -5.00. The number of nitrogens with one attached hydrogen (secondary N) is 1. The number of ether oxygens (including phenoxy) is 3. The Kier molecular flexibility index (Phi) is 8.05. The normalized spacial score (nSPS) is 17.5. The van der Waals surface area contributed by atoms with Crippen LogP contribution < -0.4 is 5.32 Å². The number of carbonyl (C=O) groups is 3. The van der Waals surface area contributed by atoms with Crippen LogP contribution in [0.2, 0.25) is 0 Å². The second kappa shape index (κ2) is 11.9. The average Bonchev–Trinajstić information content (AvgIpc) is 3.33. The third kappa shape index (κ3) is 4.89. The van der Waals surface area contributed by atoms with Crippen LogP contribution in [-0.2, 0) is 35.2 Å². The Labute approximate surface area is 243 Å². The lowest BCUT2D eigenvalue weighted by Gasteiger charge is -2.26. The lowest BCUT2D eigenvalue weighted by atomic mass is 9.84. The van der Waals surface area contributed by atoms with Gasteiger partial charge in [-0.15, -0.1) is 0 Å². The highest BCUT2D eigenvalue weighted by Crippen LogP contribution is 2.44. The molecule has 0 aliphatic carbocycles. The van der Waals surface area contributed by atoms with Gasteiger partial charge in [0.25, 0.3) is 0 Å².